The third kappa shape index (κ3) is 3.49. The van der Waals surface area contributed by atoms with Crippen LogP contribution < -0.4 is 11.1 Å². The number of carbonyl (C=O) groups excluding carboxylic acids is 2. The Kier molecular flexibility index (Phi) is 5.15. The van der Waals surface area contributed by atoms with Crippen molar-refractivity contribution in [2.45, 2.75) is 45.7 Å². The molecule has 30 heavy (non-hydrogen) atoms. The highest BCUT2D eigenvalue weighted by Crippen LogP contribution is 2.34. The Morgan fingerprint density at radius 2 is 2.10 bits per heavy atom. The SMILES string of the molecule is CC(C)n1nccc1[C@@H]1CC[C@H](C)CN1C(=O)C(=O)Nc1cnc(N)c2cn[nH]c12. The molecule has 10 heteroatoms. The number of aromatic nitrogens is 5. The van der Waals surface area contributed by atoms with Crippen molar-refractivity contribution in [3.05, 3.63) is 30.4 Å². The topological polar surface area (TPSA) is 135 Å². The minimum Gasteiger partial charge on any atom is -0.383 e. The molecule has 0 spiro atoms. The molecule has 10 nitrogen and oxygen atoms in total. The summed E-state index contributed by atoms with van der Waals surface area (Å²) in [6.07, 6.45) is 6.46. The molecule has 2 atom stereocenters. The van der Waals surface area contributed by atoms with Crippen LogP contribution in [0.25, 0.3) is 10.9 Å². The second-order valence-corrected chi connectivity index (χ2v) is 8.12. The van der Waals surface area contributed by atoms with Crippen LogP contribution in [-0.2, 0) is 9.59 Å². The van der Waals surface area contributed by atoms with Crippen molar-refractivity contribution < 1.29 is 9.59 Å². The van der Waals surface area contributed by atoms with Crippen LogP contribution in [0.4, 0.5) is 11.5 Å². The Morgan fingerprint density at radius 3 is 2.87 bits per heavy atom. The highest BCUT2D eigenvalue weighted by molar-refractivity contribution is 6.40. The number of amides is 2. The van der Waals surface area contributed by atoms with Gasteiger partial charge in [-0.1, -0.05) is 6.92 Å². The average Bonchev–Trinajstić information content (AvgIpc) is 3.39. The van der Waals surface area contributed by atoms with E-state index < -0.39 is 11.8 Å². The lowest BCUT2D eigenvalue weighted by molar-refractivity contribution is -0.146. The Hall–Kier alpha value is -3.43. The number of nitrogens with two attached hydrogens (primary N) is 1. The summed E-state index contributed by atoms with van der Waals surface area (Å²) in [5, 5.41) is 14.4. The molecule has 0 radical (unpaired) electrons. The lowest BCUT2D eigenvalue weighted by Crippen LogP contribution is -2.47. The number of carbonyl (C=O) groups is 2. The predicted octanol–water partition coefficient (Wildman–Crippen LogP) is 2.26. The summed E-state index contributed by atoms with van der Waals surface area (Å²) in [5.74, 6) is -0.680. The molecule has 4 N–H and O–H groups in total. The van der Waals surface area contributed by atoms with Crippen molar-refractivity contribution in [3.8, 4) is 0 Å². The lowest BCUT2D eigenvalue weighted by atomic mass is 9.92. The van der Waals surface area contributed by atoms with E-state index in [-0.39, 0.29) is 12.1 Å². The van der Waals surface area contributed by atoms with Gasteiger partial charge in [-0.15, -0.1) is 0 Å². The standard InChI is InChI=1S/C20H26N8O2/c1-11(2)28-16(6-7-24-28)15-5-4-12(3)10-27(15)20(30)19(29)25-14-9-22-18(21)13-8-23-26-17(13)14/h6-9,11-12,15H,4-5,10H2,1-3H3,(H2,21,22)(H,23,26)(H,25,29)/t12-,15-/m0/s1. The van der Waals surface area contributed by atoms with Gasteiger partial charge < -0.3 is 16.0 Å². The Balaban J connectivity index is 1.60. The number of anilines is 2. The fourth-order valence-electron chi connectivity index (χ4n) is 4.06. The van der Waals surface area contributed by atoms with Crippen LogP contribution in [0.1, 0.15) is 51.4 Å². The first-order valence-electron chi connectivity index (χ1n) is 10.1. The first-order chi connectivity index (χ1) is 14.4. The maximum Gasteiger partial charge on any atom is 0.314 e. The number of fused-ring (bicyclic) bond motifs is 1. The largest absolute Gasteiger partial charge is 0.383 e. The number of nitrogens with one attached hydrogen (secondary N) is 2. The first-order valence-corrected chi connectivity index (χ1v) is 10.1. The maximum absolute atomic E-state index is 13.2. The monoisotopic (exact) mass is 410 g/mol. The van der Waals surface area contributed by atoms with Gasteiger partial charge in [-0.25, -0.2) is 4.98 Å². The molecule has 158 valence electrons. The number of nitrogens with zero attached hydrogens (tertiary/aromatic N) is 5. The van der Waals surface area contributed by atoms with Crippen molar-refractivity contribution in [1.29, 1.82) is 0 Å². The smallest absolute Gasteiger partial charge is 0.314 e. The van der Waals surface area contributed by atoms with Crippen LogP contribution in [0.5, 0.6) is 0 Å². The van der Waals surface area contributed by atoms with Gasteiger partial charge in [-0.2, -0.15) is 10.2 Å². The molecule has 2 amide bonds. The highest BCUT2D eigenvalue weighted by atomic mass is 16.2. The Labute approximate surface area is 173 Å². The minimum atomic E-state index is -0.716. The molecule has 1 saturated heterocycles. The van der Waals surface area contributed by atoms with Gasteiger partial charge in [0.25, 0.3) is 0 Å². The predicted molar refractivity (Wildman–Crippen MR) is 112 cm³/mol. The Bertz CT molecular complexity index is 1090. The van der Waals surface area contributed by atoms with Gasteiger partial charge in [0.2, 0.25) is 0 Å². The van der Waals surface area contributed by atoms with Crippen molar-refractivity contribution >= 4 is 34.2 Å². The van der Waals surface area contributed by atoms with E-state index in [0.717, 1.165) is 18.5 Å². The summed E-state index contributed by atoms with van der Waals surface area (Å²) < 4.78 is 1.91. The summed E-state index contributed by atoms with van der Waals surface area (Å²) in [4.78, 5) is 31.8. The van der Waals surface area contributed by atoms with E-state index in [1.54, 1.807) is 11.1 Å². The summed E-state index contributed by atoms with van der Waals surface area (Å²) >= 11 is 0. The first kappa shape index (κ1) is 19.9. The summed E-state index contributed by atoms with van der Waals surface area (Å²) in [7, 11) is 0. The van der Waals surface area contributed by atoms with E-state index in [0.29, 0.717) is 34.9 Å². The van der Waals surface area contributed by atoms with Crippen LogP contribution in [0, 0.1) is 5.92 Å². The third-order valence-corrected chi connectivity index (χ3v) is 5.57. The van der Waals surface area contributed by atoms with Gasteiger partial charge in [-0.3, -0.25) is 19.4 Å². The van der Waals surface area contributed by atoms with Crippen LogP contribution in [0.15, 0.2) is 24.7 Å². The molecule has 4 heterocycles. The van der Waals surface area contributed by atoms with Crippen molar-refractivity contribution in [1.82, 2.24) is 29.9 Å². The molecule has 0 bridgehead atoms. The molecule has 1 fully saturated rings. The zero-order valence-electron chi connectivity index (χ0n) is 17.3. The molecular weight excluding hydrogens is 384 g/mol. The summed E-state index contributed by atoms with van der Waals surface area (Å²) in [6, 6.07) is 1.90. The molecular formula is C20H26N8O2. The van der Waals surface area contributed by atoms with Crippen LogP contribution in [0.2, 0.25) is 0 Å². The fourth-order valence-corrected chi connectivity index (χ4v) is 4.06. The van der Waals surface area contributed by atoms with Gasteiger partial charge in [0.1, 0.15) is 5.82 Å². The van der Waals surface area contributed by atoms with Crippen LogP contribution >= 0.6 is 0 Å². The summed E-state index contributed by atoms with van der Waals surface area (Å²) in [5.41, 5.74) is 7.68. The molecule has 1 aliphatic heterocycles. The zero-order valence-corrected chi connectivity index (χ0v) is 17.3. The third-order valence-electron chi connectivity index (χ3n) is 5.57. The average molecular weight is 410 g/mol. The summed E-state index contributed by atoms with van der Waals surface area (Å²) in [6.45, 7) is 6.70. The second-order valence-electron chi connectivity index (χ2n) is 8.12. The zero-order chi connectivity index (χ0) is 21.4. The molecule has 3 aromatic rings. The van der Waals surface area contributed by atoms with Crippen LogP contribution in [0.3, 0.4) is 0 Å². The molecule has 0 aliphatic carbocycles. The molecule has 4 rings (SSSR count). The van der Waals surface area contributed by atoms with Gasteiger partial charge in [0.15, 0.2) is 0 Å². The number of likely N-dealkylation sites (tertiary alicyclic amines) is 1. The maximum atomic E-state index is 13.2. The number of rotatable bonds is 3. The van der Waals surface area contributed by atoms with E-state index in [1.165, 1.54) is 12.4 Å². The number of hydrogen-bond acceptors (Lipinski definition) is 6. The van der Waals surface area contributed by atoms with Crippen molar-refractivity contribution in [2.75, 3.05) is 17.6 Å². The van der Waals surface area contributed by atoms with E-state index in [9.17, 15) is 9.59 Å². The van der Waals surface area contributed by atoms with E-state index in [1.807, 2.05) is 24.6 Å². The quantitative estimate of drug-likeness (QED) is 0.567. The second kappa shape index (κ2) is 7.77. The normalized spacial score (nSPS) is 19.4. The highest BCUT2D eigenvalue weighted by Gasteiger charge is 2.36. The van der Waals surface area contributed by atoms with Gasteiger partial charge >= 0.3 is 11.8 Å². The van der Waals surface area contributed by atoms with Gasteiger partial charge in [0.05, 0.1) is 40.7 Å². The molecule has 1 aliphatic rings. The van der Waals surface area contributed by atoms with Gasteiger partial charge in [0, 0.05) is 18.8 Å². The van der Waals surface area contributed by atoms with Gasteiger partial charge in [-0.05, 0) is 38.7 Å². The van der Waals surface area contributed by atoms with Crippen molar-refractivity contribution in [3.63, 3.8) is 0 Å². The fraction of sp³-hybridized carbons (Fsp3) is 0.450. The number of pyridine rings is 1. The number of H-pyrrole nitrogens is 1. The minimum absolute atomic E-state index is 0.162. The van der Waals surface area contributed by atoms with E-state index in [2.05, 4.69) is 32.5 Å². The number of hydrogen-bond donors (Lipinski definition) is 3. The van der Waals surface area contributed by atoms with Crippen molar-refractivity contribution in [2.24, 2.45) is 5.92 Å². The Morgan fingerprint density at radius 1 is 1.30 bits per heavy atom. The molecule has 3 aromatic heterocycles. The molecule has 0 aromatic carbocycles. The lowest BCUT2D eigenvalue weighted by Gasteiger charge is -2.38. The number of nitrogen functional groups attached to an aromatic ring is 1. The number of aromatic amines is 1. The van der Waals surface area contributed by atoms with Crippen LogP contribution in [-0.4, -0.2) is 48.2 Å². The molecule has 0 saturated carbocycles. The van der Waals surface area contributed by atoms with E-state index in [4.69, 9.17) is 5.73 Å². The molecule has 0 unspecified atom stereocenters. The number of piperidine rings is 1. The van der Waals surface area contributed by atoms with E-state index >= 15 is 0 Å².